The second-order valence-electron chi connectivity index (χ2n) is 3.00. The van der Waals surface area contributed by atoms with Crippen LogP contribution in [0.1, 0.15) is 12.1 Å². The molecule has 0 bridgehead atoms. The lowest BCUT2D eigenvalue weighted by molar-refractivity contribution is 0.142. The topological polar surface area (TPSA) is 50.9 Å². The Hall–Kier alpha value is -1.39. The van der Waals surface area contributed by atoms with E-state index in [9.17, 15) is 8.78 Å². The zero-order valence-electron chi connectivity index (χ0n) is 7.93. The molecule has 0 radical (unpaired) electrons. The number of nitrogens with zero attached hydrogens (tertiary/aromatic N) is 1. The standard InChI is InChI=1S/C9H13F2N3/c1-6-2-3-7(12)9(14-6)13-5-4-8(10)11/h2-3,8H,4-5,12H2,1H3,(H,13,14). The van der Waals surface area contributed by atoms with E-state index in [1.54, 1.807) is 12.1 Å². The minimum atomic E-state index is -2.30. The molecule has 0 aliphatic carbocycles. The minimum absolute atomic E-state index is 0.179. The molecule has 0 spiro atoms. The van der Waals surface area contributed by atoms with Crippen molar-refractivity contribution in [2.24, 2.45) is 0 Å². The van der Waals surface area contributed by atoms with Crippen molar-refractivity contribution in [2.75, 3.05) is 17.6 Å². The van der Waals surface area contributed by atoms with E-state index < -0.39 is 6.43 Å². The van der Waals surface area contributed by atoms with E-state index in [2.05, 4.69) is 10.3 Å². The molecule has 14 heavy (non-hydrogen) atoms. The lowest BCUT2D eigenvalue weighted by Gasteiger charge is -2.08. The number of halogens is 2. The fourth-order valence-electron chi connectivity index (χ4n) is 1.01. The van der Waals surface area contributed by atoms with Crippen molar-refractivity contribution in [3.05, 3.63) is 17.8 Å². The molecule has 1 aromatic heterocycles. The Labute approximate surface area is 81.3 Å². The number of nitrogens with one attached hydrogen (secondary N) is 1. The van der Waals surface area contributed by atoms with Crippen LogP contribution in [0.4, 0.5) is 20.3 Å². The number of nitrogens with two attached hydrogens (primary N) is 1. The number of rotatable bonds is 4. The van der Waals surface area contributed by atoms with Crippen LogP contribution in [0, 0.1) is 6.92 Å². The van der Waals surface area contributed by atoms with E-state index >= 15 is 0 Å². The van der Waals surface area contributed by atoms with Gasteiger partial charge in [0.15, 0.2) is 0 Å². The zero-order chi connectivity index (χ0) is 10.6. The third kappa shape index (κ3) is 3.16. The van der Waals surface area contributed by atoms with E-state index in [4.69, 9.17) is 5.73 Å². The zero-order valence-corrected chi connectivity index (χ0v) is 7.93. The number of nitrogen functional groups attached to an aromatic ring is 1. The molecule has 5 heteroatoms. The van der Waals surface area contributed by atoms with Crippen LogP contribution in [0.2, 0.25) is 0 Å². The lowest BCUT2D eigenvalue weighted by atomic mass is 10.3. The number of pyridine rings is 1. The Kier molecular flexibility index (Phi) is 3.62. The molecule has 0 saturated heterocycles. The molecule has 0 aromatic carbocycles. The van der Waals surface area contributed by atoms with Crippen LogP contribution >= 0.6 is 0 Å². The minimum Gasteiger partial charge on any atom is -0.396 e. The monoisotopic (exact) mass is 201 g/mol. The SMILES string of the molecule is Cc1ccc(N)c(NCCC(F)F)n1. The van der Waals surface area contributed by atoms with Crippen molar-refractivity contribution in [2.45, 2.75) is 19.8 Å². The summed E-state index contributed by atoms with van der Waals surface area (Å²) in [6.45, 7) is 2.00. The highest BCUT2D eigenvalue weighted by Gasteiger charge is 2.04. The van der Waals surface area contributed by atoms with Crippen LogP contribution in [0.5, 0.6) is 0 Å². The maximum Gasteiger partial charge on any atom is 0.240 e. The molecule has 3 N–H and O–H groups in total. The molecule has 0 atom stereocenters. The smallest absolute Gasteiger partial charge is 0.240 e. The molecule has 78 valence electrons. The largest absolute Gasteiger partial charge is 0.396 e. The van der Waals surface area contributed by atoms with Crippen LogP contribution < -0.4 is 11.1 Å². The van der Waals surface area contributed by atoms with Gasteiger partial charge in [-0.2, -0.15) is 0 Å². The molecule has 1 heterocycles. The molecule has 0 aliphatic heterocycles. The highest BCUT2D eigenvalue weighted by Crippen LogP contribution is 2.15. The maximum absolute atomic E-state index is 11.8. The van der Waals surface area contributed by atoms with E-state index in [0.717, 1.165) is 5.69 Å². The Bertz CT molecular complexity index is 302. The van der Waals surface area contributed by atoms with Crippen molar-refractivity contribution < 1.29 is 8.78 Å². The molecule has 3 nitrogen and oxygen atoms in total. The Balaban J connectivity index is 2.53. The van der Waals surface area contributed by atoms with Crippen molar-refractivity contribution in [1.82, 2.24) is 4.98 Å². The summed E-state index contributed by atoms with van der Waals surface area (Å²) in [7, 11) is 0. The summed E-state index contributed by atoms with van der Waals surface area (Å²) >= 11 is 0. The second kappa shape index (κ2) is 4.74. The van der Waals surface area contributed by atoms with Gasteiger partial charge in [0, 0.05) is 18.7 Å². The van der Waals surface area contributed by atoms with Crippen LogP contribution in [0.3, 0.4) is 0 Å². The second-order valence-corrected chi connectivity index (χ2v) is 3.00. The molecule has 1 aromatic rings. The van der Waals surface area contributed by atoms with Gasteiger partial charge in [-0.15, -0.1) is 0 Å². The Morgan fingerprint density at radius 1 is 1.50 bits per heavy atom. The summed E-state index contributed by atoms with van der Waals surface area (Å²) in [5, 5.41) is 2.77. The summed E-state index contributed by atoms with van der Waals surface area (Å²) in [4.78, 5) is 4.09. The molecule has 0 saturated carbocycles. The van der Waals surface area contributed by atoms with Gasteiger partial charge in [0.05, 0.1) is 5.69 Å². The summed E-state index contributed by atoms with van der Waals surface area (Å²) < 4.78 is 23.7. The average Bonchev–Trinajstić information content (AvgIpc) is 2.10. The number of aryl methyl sites for hydroxylation is 1. The normalized spacial score (nSPS) is 10.6. The molecule has 1 rings (SSSR count). The first kappa shape index (κ1) is 10.7. The predicted molar refractivity (Wildman–Crippen MR) is 52.5 cm³/mol. The third-order valence-electron chi connectivity index (χ3n) is 1.72. The van der Waals surface area contributed by atoms with Gasteiger partial charge in [0.25, 0.3) is 0 Å². The maximum atomic E-state index is 11.8. The highest BCUT2D eigenvalue weighted by molar-refractivity contribution is 5.61. The summed E-state index contributed by atoms with van der Waals surface area (Å²) in [6, 6.07) is 3.47. The fourth-order valence-corrected chi connectivity index (χ4v) is 1.01. The van der Waals surface area contributed by atoms with E-state index in [1.165, 1.54) is 0 Å². The van der Waals surface area contributed by atoms with E-state index in [-0.39, 0.29) is 13.0 Å². The van der Waals surface area contributed by atoms with Gasteiger partial charge in [-0.1, -0.05) is 0 Å². The Morgan fingerprint density at radius 2 is 2.21 bits per heavy atom. The predicted octanol–water partition coefficient (Wildman–Crippen LogP) is 2.04. The van der Waals surface area contributed by atoms with Crippen LogP contribution in [0.25, 0.3) is 0 Å². The molecule has 0 amide bonds. The molecule has 0 unspecified atom stereocenters. The van der Waals surface area contributed by atoms with Gasteiger partial charge >= 0.3 is 0 Å². The van der Waals surface area contributed by atoms with Gasteiger partial charge in [-0.3, -0.25) is 0 Å². The van der Waals surface area contributed by atoms with Crippen molar-refractivity contribution in [3.63, 3.8) is 0 Å². The quantitative estimate of drug-likeness (QED) is 0.783. The van der Waals surface area contributed by atoms with Crippen molar-refractivity contribution in [1.29, 1.82) is 0 Å². The van der Waals surface area contributed by atoms with Crippen LogP contribution in [-0.4, -0.2) is 18.0 Å². The van der Waals surface area contributed by atoms with Crippen LogP contribution in [-0.2, 0) is 0 Å². The van der Waals surface area contributed by atoms with Gasteiger partial charge in [0.2, 0.25) is 6.43 Å². The van der Waals surface area contributed by atoms with Crippen molar-refractivity contribution >= 4 is 11.5 Å². The fraction of sp³-hybridized carbons (Fsp3) is 0.444. The number of aromatic nitrogens is 1. The molecular formula is C9H13F2N3. The van der Waals surface area contributed by atoms with Gasteiger partial charge < -0.3 is 11.1 Å². The first-order valence-corrected chi connectivity index (χ1v) is 4.34. The molecule has 0 fully saturated rings. The molecular weight excluding hydrogens is 188 g/mol. The van der Waals surface area contributed by atoms with Gasteiger partial charge in [0.1, 0.15) is 5.82 Å². The first-order chi connectivity index (χ1) is 6.59. The highest BCUT2D eigenvalue weighted by atomic mass is 19.3. The number of anilines is 2. The Morgan fingerprint density at radius 3 is 2.86 bits per heavy atom. The van der Waals surface area contributed by atoms with E-state index in [1.807, 2.05) is 6.92 Å². The average molecular weight is 201 g/mol. The number of hydrogen-bond donors (Lipinski definition) is 2. The summed E-state index contributed by atoms with van der Waals surface area (Å²) in [5.41, 5.74) is 6.87. The lowest BCUT2D eigenvalue weighted by Crippen LogP contribution is -2.09. The first-order valence-electron chi connectivity index (χ1n) is 4.34. The molecule has 0 aliphatic rings. The van der Waals surface area contributed by atoms with Crippen LogP contribution in [0.15, 0.2) is 12.1 Å². The van der Waals surface area contributed by atoms with E-state index in [0.29, 0.717) is 11.5 Å². The van der Waals surface area contributed by atoms with Gasteiger partial charge in [-0.05, 0) is 19.1 Å². The van der Waals surface area contributed by atoms with Crippen molar-refractivity contribution in [3.8, 4) is 0 Å². The third-order valence-corrected chi connectivity index (χ3v) is 1.72. The number of alkyl halides is 2. The summed E-state index contributed by atoms with van der Waals surface area (Å²) in [5.74, 6) is 0.477. The number of hydrogen-bond acceptors (Lipinski definition) is 3. The summed E-state index contributed by atoms with van der Waals surface area (Å²) in [6.07, 6.45) is -2.50. The van der Waals surface area contributed by atoms with Gasteiger partial charge in [-0.25, -0.2) is 13.8 Å².